The molecule has 0 aliphatic carbocycles. The molecule has 10 nitrogen and oxygen atoms in total. The van der Waals surface area contributed by atoms with E-state index in [0.717, 1.165) is 0 Å². The largest absolute Gasteiger partial charge is 0.462 e. The van der Waals surface area contributed by atoms with E-state index in [4.69, 9.17) is 14.2 Å². The van der Waals surface area contributed by atoms with Gasteiger partial charge in [0.2, 0.25) is 0 Å². The Kier molecular flexibility index (Phi) is 10.1. The van der Waals surface area contributed by atoms with E-state index in [1.165, 1.54) is 27.0 Å². The molecule has 0 fully saturated rings. The van der Waals surface area contributed by atoms with Crippen LogP contribution in [0, 0.1) is 0 Å². The van der Waals surface area contributed by atoms with Crippen LogP contribution in [0.25, 0.3) is 0 Å². The Hall–Kier alpha value is -4.21. The number of ether oxygens (including phenoxy) is 3. The maximum absolute atomic E-state index is 11.9. The number of carbonyl (C=O) groups is 3. The first kappa shape index (κ1) is 25.1. The van der Waals surface area contributed by atoms with Crippen LogP contribution < -0.4 is 10.9 Å². The highest BCUT2D eigenvalue weighted by Crippen LogP contribution is 2.12. The smallest absolute Gasteiger partial charge is 0.303 e. The molecule has 0 spiro atoms. The second-order valence-corrected chi connectivity index (χ2v) is 6.73. The van der Waals surface area contributed by atoms with Gasteiger partial charge in [0.1, 0.15) is 12.3 Å². The number of anilines is 2. The Labute approximate surface area is 191 Å². The van der Waals surface area contributed by atoms with Gasteiger partial charge in [0.05, 0.1) is 17.6 Å². The van der Waals surface area contributed by atoms with Gasteiger partial charge in [-0.2, -0.15) is 10.2 Å². The SMILES string of the molecule is CC(=O)OCC(OC(C)=O)C(OC(C)=O)C(/C=N/Nc1ccccc1)=N/Nc1ccccc1. The number of esters is 3. The minimum atomic E-state index is -1.22. The molecule has 2 atom stereocenters. The van der Waals surface area contributed by atoms with Gasteiger partial charge in [-0.25, -0.2) is 0 Å². The van der Waals surface area contributed by atoms with Crippen LogP contribution in [-0.4, -0.2) is 48.6 Å². The number of hydrogen-bond acceptors (Lipinski definition) is 10. The van der Waals surface area contributed by atoms with E-state index in [9.17, 15) is 14.4 Å². The van der Waals surface area contributed by atoms with Crippen molar-refractivity contribution in [1.82, 2.24) is 0 Å². The van der Waals surface area contributed by atoms with Crippen LogP contribution in [0.15, 0.2) is 70.9 Å². The molecule has 0 amide bonds. The monoisotopic (exact) mass is 454 g/mol. The summed E-state index contributed by atoms with van der Waals surface area (Å²) in [7, 11) is 0. The van der Waals surface area contributed by atoms with Crippen LogP contribution in [0.5, 0.6) is 0 Å². The fourth-order valence-corrected chi connectivity index (χ4v) is 2.59. The summed E-state index contributed by atoms with van der Waals surface area (Å²) < 4.78 is 15.7. The third kappa shape index (κ3) is 9.64. The molecule has 0 saturated heterocycles. The fraction of sp³-hybridized carbons (Fsp3) is 0.261. The third-order valence-electron chi connectivity index (χ3n) is 3.94. The number of carbonyl (C=O) groups excluding carboxylic acids is 3. The molecular formula is C23H26N4O6. The molecule has 0 aliphatic rings. The third-order valence-corrected chi connectivity index (χ3v) is 3.94. The Morgan fingerprint density at radius 2 is 1.36 bits per heavy atom. The van der Waals surface area contributed by atoms with Crippen molar-refractivity contribution in [1.29, 1.82) is 0 Å². The molecule has 0 saturated carbocycles. The number of hydrazone groups is 2. The van der Waals surface area contributed by atoms with E-state index in [1.807, 2.05) is 48.5 Å². The molecule has 174 valence electrons. The zero-order valence-corrected chi connectivity index (χ0v) is 18.6. The number of hydrogen-bond donors (Lipinski definition) is 2. The molecular weight excluding hydrogens is 428 g/mol. The zero-order valence-electron chi connectivity index (χ0n) is 18.6. The molecule has 0 heterocycles. The lowest BCUT2D eigenvalue weighted by Crippen LogP contribution is -2.44. The standard InChI is InChI=1S/C23H26N4O6/c1-16(28)31-15-22(32-17(2)29)23(33-18(3)30)21(27-26-20-12-8-5-9-13-20)14-24-25-19-10-6-4-7-11-19/h4-14,22-23,25-26H,15H2,1-3H3/b24-14+,27-21+. The summed E-state index contributed by atoms with van der Waals surface area (Å²) in [5.41, 5.74) is 7.17. The minimum absolute atomic E-state index is 0.107. The van der Waals surface area contributed by atoms with Gasteiger partial charge in [-0.1, -0.05) is 36.4 Å². The molecule has 0 bridgehead atoms. The summed E-state index contributed by atoms with van der Waals surface area (Å²) >= 11 is 0. The van der Waals surface area contributed by atoms with Gasteiger partial charge in [0.25, 0.3) is 0 Å². The van der Waals surface area contributed by atoms with Crippen molar-refractivity contribution in [2.45, 2.75) is 33.0 Å². The summed E-state index contributed by atoms with van der Waals surface area (Å²) in [6.07, 6.45) is -1.06. The molecule has 10 heteroatoms. The number of rotatable bonds is 11. The Morgan fingerprint density at radius 1 is 0.818 bits per heavy atom. The lowest BCUT2D eigenvalue weighted by Gasteiger charge is -2.25. The maximum Gasteiger partial charge on any atom is 0.303 e. The van der Waals surface area contributed by atoms with Crippen LogP contribution in [0.4, 0.5) is 11.4 Å². The Bertz CT molecular complexity index is 979. The van der Waals surface area contributed by atoms with Gasteiger partial charge >= 0.3 is 17.9 Å². The minimum Gasteiger partial charge on any atom is -0.462 e. The second kappa shape index (κ2) is 13.3. The van der Waals surface area contributed by atoms with Crippen LogP contribution in [0.1, 0.15) is 20.8 Å². The highest BCUT2D eigenvalue weighted by atomic mass is 16.6. The number of benzene rings is 2. The van der Waals surface area contributed by atoms with Gasteiger partial charge in [0.15, 0.2) is 12.2 Å². The normalized spacial score (nSPS) is 13.0. The van der Waals surface area contributed by atoms with Gasteiger partial charge < -0.3 is 14.2 Å². The second-order valence-electron chi connectivity index (χ2n) is 6.73. The van der Waals surface area contributed by atoms with Crippen molar-refractivity contribution in [3.8, 4) is 0 Å². The van der Waals surface area contributed by atoms with Gasteiger partial charge in [0, 0.05) is 20.8 Å². The Balaban J connectivity index is 2.38. The fourth-order valence-electron chi connectivity index (χ4n) is 2.59. The molecule has 2 rings (SSSR count). The summed E-state index contributed by atoms with van der Waals surface area (Å²) in [5.74, 6) is -1.90. The van der Waals surface area contributed by atoms with Gasteiger partial charge in [-0.3, -0.25) is 25.2 Å². The van der Waals surface area contributed by atoms with Crippen molar-refractivity contribution in [2.75, 3.05) is 17.5 Å². The molecule has 33 heavy (non-hydrogen) atoms. The summed E-state index contributed by atoms with van der Waals surface area (Å²) in [6, 6.07) is 18.2. The highest BCUT2D eigenvalue weighted by Gasteiger charge is 2.33. The topological polar surface area (TPSA) is 128 Å². The van der Waals surface area contributed by atoms with Crippen molar-refractivity contribution >= 4 is 41.2 Å². The molecule has 0 radical (unpaired) electrons. The van der Waals surface area contributed by atoms with Crippen molar-refractivity contribution in [3.63, 3.8) is 0 Å². The van der Waals surface area contributed by atoms with Crippen LogP contribution in [0.3, 0.4) is 0 Å². The van der Waals surface area contributed by atoms with E-state index in [-0.39, 0.29) is 12.3 Å². The molecule has 2 aromatic carbocycles. The highest BCUT2D eigenvalue weighted by molar-refractivity contribution is 6.33. The van der Waals surface area contributed by atoms with E-state index in [2.05, 4.69) is 21.1 Å². The molecule has 2 aromatic rings. The average molecular weight is 454 g/mol. The first-order valence-corrected chi connectivity index (χ1v) is 10.1. The maximum atomic E-state index is 11.9. The van der Waals surface area contributed by atoms with Gasteiger partial charge in [-0.15, -0.1) is 0 Å². The predicted octanol–water partition coefficient (Wildman–Crippen LogP) is 2.98. The van der Waals surface area contributed by atoms with Crippen LogP contribution in [-0.2, 0) is 28.6 Å². The summed E-state index contributed by atoms with van der Waals surface area (Å²) in [5, 5.41) is 8.46. The quantitative estimate of drug-likeness (QED) is 0.230. The first-order valence-electron chi connectivity index (χ1n) is 10.1. The van der Waals surface area contributed by atoms with Crippen LogP contribution in [0.2, 0.25) is 0 Å². The molecule has 2 N–H and O–H groups in total. The van der Waals surface area contributed by atoms with Crippen molar-refractivity contribution < 1.29 is 28.6 Å². The Morgan fingerprint density at radius 3 is 1.88 bits per heavy atom. The lowest BCUT2D eigenvalue weighted by molar-refractivity contribution is -0.167. The van der Waals surface area contributed by atoms with Crippen molar-refractivity contribution in [3.05, 3.63) is 60.7 Å². The van der Waals surface area contributed by atoms with Crippen molar-refractivity contribution in [2.24, 2.45) is 10.2 Å². The first-order chi connectivity index (χ1) is 15.8. The summed E-state index contributed by atoms with van der Waals surface area (Å²) in [4.78, 5) is 34.9. The average Bonchev–Trinajstić information content (AvgIpc) is 2.78. The summed E-state index contributed by atoms with van der Waals surface area (Å²) in [6.45, 7) is 3.25. The lowest BCUT2D eigenvalue weighted by atomic mass is 10.1. The van der Waals surface area contributed by atoms with Gasteiger partial charge in [-0.05, 0) is 24.3 Å². The zero-order chi connectivity index (χ0) is 24.1. The van der Waals surface area contributed by atoms with E-state index < -0.39 is 30.1 Å². The number of nitrogens with one attached hydrogen (secondary N) is 2. The molecule has 2 unspecified atom stereocenters. The van der Waals surface area contributed by atoms with E-state index in [1.54, 1.807) is 12.1 Å². The molecule has 0 aromatic heterocycles. The molecule has 0 aliphatic heterocycles. The number of nitrogens with zero attached hydrogens (tertiary/aromatic N) is 2. The van der Waals surface area contributed by atoms with E-state index >= 15 is 0 Å². The predicted molar refractivity (Wildman–Crippen MR) is 124 cm³/mol. The van der Waals surface area contributed by atoms with E-state index in [0.29, 0.717) is 11.4 Å². The van der Waals surface area contributed by atoms with Crippen LogP contribution >= 0.6 is 0 Å². The number of para-hydroxylation sites is 2.